The molecule has 0 aliphatic heterocycles. The third-order valence-electron chi connectivity index (χ3n) is 11.3. The molecule has 8 nitrogen and oxygen atoms in total. The summed E-state index contributed by atoms with van der Waals surface area (Å²) in [5.41, 5.74) is -4.62. The standard InChI is InChI=1S/C36H38F2N2O6/c1-20(2)45-32(43)36(46-31(42)29-12-9-13-44-29)21(3)14-24-25-15-27(37)26-16-28-22(19-39-40(28)23-10-7-6-8-11-23)17-33(26,4)35(25,38)30(41)18-34(24,36)5/h6-13,15-16,19-21,24-25,30,41H,14,17-18H2,1-5H3/t21-,24?,25?,30?,33+,34+,35+,36+/m1/s1. The molecule has 4 aliphatic rings. The van der Waals surface area contributed by atoms with Crippen LogP contribution in [0, 0.1) is 28.6 Å². The second kappa shape index (κ2) is 10.2. The summed E-state index contributed by atoms with van der Waals surface area (Å²) >= 11 is 0. The summed E-state index contributed by atoms with van der Waals surface area (Å²) in [7, 11) is 0. The fourth-order valence-corrected chi connectivity index (χ4v) is 9.27. The largest absolute Gasteiger partial charge is 0.460 e. The van der Waals surface area contributed by atoms with Crippen molar-refractivity contribution in [3.05, 3.63) is 89.4 Å². The van der Waals surface area contributed by atoms with Crippen LogP contribution in [0.3, 0.4) is 0 Å². The molecule has 1 aromatic carbocycles. The number of carbonyl (C=O) groups is 2. The first-order chi connectivity index (χ1) is 21.8. The first kappa shape index (κ1) is 30.6. The van der Waals surface area contributed by atoms with Crippen molar-refractivity contribution >= 4 is 18.0 Å². The van der Waals surface area contributed by atoms with E-state index < -0.39 is 69.8 Å². The zero-order valence-electron chi connectivity index (χ0n) is 26.5. The molecule has 2 fully saturated rings. The number of rotatable bonds is 5. The van der Waals surface area contributed by atoms with Crippen LogP contribution in [0.5, 0.6) is 0 Å². The number of aliphatic hydroxyl groups is 1. The first-order valence-electron chi connectivity index (χ1n) is 15.8. The van der Waals surface area contributed by atoms with E-state index in [9.17, 15) is 14.7 Å². The third-order valence-corrected chi connectivity index (χ3v) is 11.3. The molecule has 46 heavy (non-hydrogen) atoms. The molecule has 0 amide bonds. The minimum absolute atomic E-state index is 0.105. The van der Waals surface area contributed by atoms with Crippen LogP contribution in [0.1, 0.15) is 69.3 Å². The number of hydrogen-bond donors (Lipinski definition) is 1. The van der Waals surface area contributed by atoms with Gasteiger partial charge in [0, 0.05) is 22.7 Å². The number of ether oxygens (including phenoxy) is 2. The van der Waals surface area contributed by atoms with E-state index in [1.807, 2.05) is 30.3 Å². The summed E-state index contributed by atoms with van der Waals surface area (Å²) in [5, 5.41) is 16.6. The minimum Gasteiger partial charge on any atom is -0.460 e. The van der Waals surface area contributed by atoms with E-state index in [0.29, 0.717) is 5.69 Å². The number of aromatic nitrogens is 2. The number of carbonyl (C=O) groups excluding carboxylic acids is 2. The van der Waals surface area contributed by atoms with Gasteiger partial charge in [-0.15, -0.1) is 0 Å². The summed E-state index contributed by atoms with van der Waals surface area (Å²) in [4.78, 5) is 27.5. The fourth-order valence-electron chi connectivity index (χ4n) is 9.27. The Hall–Kier alpha value is -4.05. The van der Waals surface area contributed by atoms with Gasteiger partial charge in [-0.05, 0) is 86.6 Å². The molecule has 1 N–H and O–H groups in total. The predicted molar refractivity (Wildman–Crippen MR) is 164 cm³/mol. The Morgan fingerprint density at radius 1 is 1.15 bits per heavy atom. The summed E-state index contributed by atoms with van der Waals surface area (Å²) in [6.45, 7) is 8.53. The Morgan fingerprint density at radius 2 is 1.89 bits per heavy atom. The maximum atomic E-state index is 18.2. The van der Waals surface area contributed by atoms with Gasteiger partial charge in [-0.1, -0.05) is 39.0 Å². The van der Waals surface area contributed by atoms with E-state index in [1.54, 1.807) is 51.6 Å². The highest BCUT2D eigenvalue weighted by Crippen LogP contribution is 2.71. The van der Waals surface area contributed by atoms with Crippen molar-refractivity contribution in [2.24, 2.45) is 28.6 Å². The van der Waals surface area contributed by atoms with Crippen LogP contribution in [0.25, 0.3) is 11.8 Å². The van der Waals surface area contributed by atoms with Crippen LogP contribution in [-0.4, -0.2) is 50.3 Å². The Morgan fingerprint density at radius 3 is 2.57 bits per heavy atom. The maximum Gasteiger partial charge on any atom is 0.375 e. The number of fused-ring (bicyclic) bond motifs is 6. The van der Waals surface area contributed by atoms with E-state index in [1.165, 1.54) is 24.5 Å². The average Bonchev–Trinajstić information content (AvgIpc) is 3.73. The van der Waals surface area contributed by atoms with Crippen molar-refractivity contribution in [2.75, 3.05) is 0 Å². The van der Waals surface area contributed by atoms with Crippen LogP contribution in [0.4, 0.5) is 8.78 Å². The molecule has 0 bridgehead atoms. The molecule has 3 aromatic rings. The van der Waals surface area contributed by atoms with Crippen LogP contribution in [0.2, 0.25) is 0 Å². The number of benzene rings is 1. The van der Waals surface area contributed by atoms with Crippen molar-refractivity contribution in [1.29, 1.82) is 0 Å². The SMILES string of the molecule is CC(C)OC(=O)[C@@]1(OC(=O)c2ccco2)[C@H](C)CC2C3C=C(F)C4=Cc5c(cnn5-c5ccccc5)C[C@]4(C)[C@@]3(F)C(O)C[C@@]21C. The molecular weight excluding hydrogens is 594 g/mol. The van der Waals surface area contributed by atoms with Gasteiger partial charge in [0.25, 0.3) is 0 Å². The highest BCUT2D eigenvalue weighted by molar-refractivity contribution is 5.91. The van der Waals surface area contributed by atoms with E-state index in [4.69, 9.17) is 13.9 Å². The van der Waals surface area contributed by atoms with Crippen LogP contribution >= 0.6 is 0 Å². The number of hydrogen-bond acceptors (Lipinski definition) is 7. The Labute approximate surface area is 266 Å². The molecule has 0 spiro atoms. The summed E-state index contributed by atoms with van der Waals surface area (Å²) in [6.07, 6.45) is 3.86. The van der Waals surface area contributed by atoms with Gasteiger partial charge < -0.3 is 19.0 Å². The normalized spacial score (nSPS) is 36.1. The lowest BCUT2D eigenvalue weighted by Crippen LogP contribution is -2.70. The van der Waals surface area contributed by atoms with Crippen molar-refractivity contribution in [3.8, 4) is 5.69 Å². The van der Waals surface area contributed by atoms with E-state index in [0.717, 1.165) is 11.3 Å². The number of alkyl halides is 1. The summed E-state index contributed by atoms with van der Waals surface area (Å²) in [6, 6.07) is 12.4. The molecule has 8 atom stereocenters. The lowest BCUT2D eigenvalue weighted by Gasteiger charge is -2.61. The minimum atomic E-state index is -2.31. The molecule has 242 valence electrons. The van der Waals surface area contributed by atoms with E-state index in [-0.39, 0.29) is 30.6 Å². The van der Waals surface area contributed by atoms with Gasteiger partial charge in [0.1, 0.15) is 5.83 Å². The topological polar surface area (TPSA) is 104 Å². The predicted octanol–water partition coefficient (Wildman–Crippen LogP) is 6.58. The van der Waals surface area contributed by atoms with Crippen molar-refractivity contribution in [3.63, 3.8) is 0 Å². The van der Waals surface area contributed by atoms with Crippen molar-refractivity contribution < 1.29 is 37.4 Å². The molecule has 10 heteroatoms. The molecule has 2 saturated carbocycles. The average molecular weight is 633 g/mol. The van der Waals surface area contributed by atoms with Gasteiger partial charge in [-0.3, -0.25) is 0 Å². The molecule has 7 rings (SSSR count). The lowest BCUT2D eigenvalue weighted by atomic mass is 9.45. The molecule has 0 radical (unpaired) electrons. The van der Waals surface area contributed by atoms with Gasteiger partial charge >= 0.3 is 11.9 Å². The monoisotopic (exact) mass is 632 g/mol. The molecule has 4 aliphatic carbocycles. The number of esters is 2. The zero-order chi connectivity index (χ0) is 32.8. The highest BCUT2D eigenvalue weighted by atomic mass is 19.1. The molecule has 2 aromatic heterocycles. The number of furan rings is 1. The Kier molecular flexibility index (Phi) is 6.80. The van der Waals surface area contributed by atoms with Crippen LogP contribution in [0.15, 0.2) is 76.8 Å². The maximum absolute atomic E-state index is 18.2. The number of halogens is 2. The molecular formula is C36H38F2N2O6. The molecule has 3 unspecified atom stereocenters. The number of para-hydroxylation sites is 1. The first-order valence-corrected chi connectivity index (χ1v) is 15.8. The smallest absolute Gasteiger partial charge is 0.375 e. The van der Waals surface area contributed by atoms with E-state index in [2.05, 4.69) is 5.10 Å². The van der Waals surface area contributed by atoms with E-state index >= 15 is 8.78 Å². The summed E-state index contributed by atoms with van der Waals surface area (Å²) < 4.78 is 53.6. The van der Waals surface area contributed by atoms with Gasteiger partial charge in [0.15, 0.2) is 5.67 Å². The second-order valence-corrected chi connectivity index (χ2v) is 14.1. The number of allylic oxidation sites excluding steroid dienone is 3. The zero-order valence-corrected chi connectivity index (χ0v) is 26.5. The highest BCUT2D eigenvalue weighted by Gasteiger charge is 2.78. The summed E-state index contributed by atoms with van der Waals surface area (Å²) in [5.74, 6) is -4.79. The van der Waals surface area contributed by atoms with Crippen molar-refractivity contribution in [2.45, 2.75) is 77.4 Å². The quantitative estimate of drug-likeness (QED) is 0.317. The van der Waals surface area contributed by atoms with Gasteiger partial charge in [0.2, 0.25) is 11.4 Å². The number of nitrogens with zero attached hydrogens (tertiary/aromatic N) is 2. The molecule has 0 saturated heterocycles. The van der Waals surface area contributed by atoms with Crippen LogP contribution < -0.4 is 0 Å². The number of aliphatic hydroxyl groups excluding tert-OH is 1. The van der Waals surface area contributed by atoms with Crippen LogP contribution in [-0.2, 0) is 20.7 Å². The van der Waals surface area contributed by atoms with Gasteiger partial charge in [-0.2, -0.15) is 5.10 Å². The van der Waals surface area contributed by atoms with Crippen molar-refractivity contribution in [1.82, 2.24) is 9.78 Å². The second-order valence-electron chi connectivity index (χ2n) is 14.1. The fraction of sp³-hybridized carbons (Fsp3) is 0.472. The Bertz CT molecular complexity index is 1770. The Balaban J connectivity index is 1.35. The lowest BCUT2D eigenvalue weighted by molar-refractivity contribution is -0.223. The van der Waals surface area contributed by atoms with Gasteiger partial charge in [-0.25, -0.2) is 23.1 Å². The van der Waals surface area contributed by atoms with Gasteiger partial charge in [0.05, 0.1) is 36.0 Å². The molecule has 2 heterocycles. The third kappa shape index (κ3) is 3.88.